The highest BCUT2D eigenvalue weighted by Gasteiger charge is 2.21. The van der Waals surface area contributed by atoms with Crippen LogP contribution in [0.5, 0.6) is 0 Å². The Morgan fingerprint density at radius 3 is 2.50 bits per heavy atom. The number of nitrogens with zero attached hydrogens (tertiary/aromatic N) is 4. The SMILES string of the molecule is Cc1cc(C)c(Nc2nc(C)nc3c(CCCC4CC4)cnn23)c(C)c1. The van der Waals surface area contributed by atoms with Gasteiger partial charge in [-0.3, -0.25) is 0 Å². The highest BCUT2D eigenvalue weighted by atomic mass is 15.3. The van der Waals surface area contributed by atoms with E-state index in [0.29, 0.717) is 0 Å². The maximum absolute atomic E-state index is 4.66. The zero-order valence-electron chi connectivity index (χ0n) is 16.1. The number of rotatable bonds is 6. The molecule has 1 aliphatic rings. The molecule has 5 nitrogen and oxygen atoms in total. The standard InChI is InChI=1S/C21H27N5/c1-13-10-14(2)19(15(3)11-13)25-21-24-16(4)23-20-18(12-22-26(20)21)7-5-6-17-8-9-17/h10-12,17H,5-9H2,1-4H3,(H,23,24,25). The molecule has 4 rings (SSSR count). The van der Waals surface area contributed by atoms with Gasteiger partial charge in [0.25, 0.3) is 0 Å². The fourth-order valence-corrected chi connectivity index (χ4v) is 3.76. The molecule has 26 heavy (non-hydrogen) atoms. The van der Waals surface area contributed by atoms with E-state index in [1.54, 1.807) is 0 Å². The normalized spacial score (nSPS) is 14.2. The molecule has 0 aliphatic heterocycles. The Kier molecular flexibility index (Phi) is 4.39. The maximum Gasteiger partial charge on any atom is 0.232 e. The van der Waals surface area contributed by atoms with E-state index in [9.17, 15) is 0 Å². The second-order valence-corrected chi connectivity index (χ2v) is 7.73. The van der Waals surface area contributed by atoms with E-state index < -0.39 is 0 Å². The van der Waals surface area contributed by atoms with E-state index in [1.165, 1.54) is 47.9 Å². The van der Waals surface area contributed by atoms with E-state index in [0.717, 1.165) is 35.4 Å². The summed E-state index contributed by atoms with van der Waals surface area (Å²) in [5.41, 5.74) is 6.94. The van der Waals surface area contributed by atoms with Crippen LogP contribution in [0.2, 0.25) is 0 Å². The fraction of sp³-hybridized carbons (Fsp3) is 0.476. The first kappa shape index (κ1) is 17.0. The van der Waals surface area contributed by atoms with Gasteiger partial charge in [-0.25, -0.2) is 4.98 Å². The molecule has 136 valence electrons. The molecule has 1 fully saturated rings. The van der Waals surface area contributed by atoms with Crippen molar-refractivity contribution in [2.75, 3.05) is 5.32 Å². The number of anilines is 2. The van der Waals surface area contributed by atoms with Crippen molar-refractivity contribution < 1.29 is 0 Å². The van der Waals surface area contributed by atoms with Crippen molar-refractivity contribution in [3.05, 3.63) is 46.4 Å². The minimum atomic E-state index is 0.732. The quantitative estimate of drug-likeness (QED) is 0.692. The number of aryl methyl sites for hydroxylation is 5. The van der Waals surface area contributed by atoms with Crippen LogP contribution in [0.4, 0.5) is 11.6 Å². The average Bonchev–Trinajstić information content (AvgIpc) is 3.31. The molecule has 0 amide bonds. The van der Waals surface area contributed by atoms with E-state index >= 15 is 0 Å². The van der Waals surface area contributed by atoms with Crippen LogP contribution < -0.4 is 5.32 Å². The number of hydrogen-bond donors (Lipinski definition) is 1. The minimum absolute atomic E-state index is 0.732. The molecule has 0 saturated heterocycles. The van der Waals surface area contributed by atoms with E-state index in [-0.39, 0.29) is 0 Å². The lowest BCUT2D eigenvalue weighted by molar-refractivity contribution is 0.667. The number of hydrogen-bond acceptors (Lipinski definition) is 4. The lowest BCUT2D eigenvalue weighted by Gasteiger charge is -2.14. The smallest absolute Gasteiger partial charge is 0.232 e. The molecule has 2 aromatic heterocycles. The fourth-order valence-electron chi connectivity index (χ4n) is 3.76. The van der Waals surface area contributed by atoms with E-state index in [2.05, 4.69) is 53.3 Å². The molecule has 3 aromatic rings. The van der Waals surface area contributed by atoms with Gasteiger partial charge in [0.2, 0.25) is 5.95 Å². The van der Waals surface area contributed by atoms with E-state index in [4.69, 9.17) is 0 Å². The summed E-state index contributed by atoms with van der Waals surface area (Å²) >= 11 is 0. The number of benzene rings is 1. The maximum atomic E-state index is 4.66. The molecule has 0 bridgehead atoms. The van der Waals surface area contributed by atoms with Gasteiger partial charge in [0.15, 0.2) is 5.65 Å². The van der Waals surface area contributed by atoms with Gasteiger partial charge in [-0.1, -0.05) is 37.0 Å². The van der Waals surface area contributed by atoms with E-state index in [1.807, 2.05) is 17.6 Å². The third kappa shape index (κ3) is 3.43. The molecule has 2 heterocycles. The van der Waals surface area contributed by atoms with Crippen LogP contribution >= 0.6 is 0 Å². The molecule has 1 saturated carbocycles. The Hall–Kier alpha value is -2.43. The summed E-state index contributed by atoms with van der Waals surface area (Å²) in [6.07, 6.45) is 8.37. The summed E-state index contributed by atoms with van der Waals surface area (Å²) in [6.45, 7) is 8.32. The molecule has 0 unspecified atom stereocenters. The van der Waals surface area contributed by atoms with Gasteiger partial charge >= 0.3 is 0 Å². The van der Waals surface area contributed by atoms with Gasteiger partial charge in [0.05, 0.1) is 6.20 Å². The Balaban J connectivity index is 1.65. The van der Waals surface area contributed by atoms with Crippen molar-refractivity contribution in [3.63, 3.8) is 0 Å². The second kappa shape index (κ2) is 6.71. The molecule has 1 N–H and O–H groups in total. The summed E-state index contributed by atoms with van der Waals surface area (Å²) in [4.78, 5) is 9.27. The molecule has 1 aromatic carbocycles. The monoisotopic (exact) mass is 349 g/mol. The first-order chi connectivity index (χ1) is 12.5. The zero-order chi connectivity index (χ0) is 18.3. The molecule has 1 aliphatic carbocycles. The Labute approximate surface area is 154 Å². The highest BCUT2D eigenvalue weighted by molar-refractivity contribution is 5.65. The van der Waals surface area contributed by atoms with Gasteiger partial charge < -0.3 is 5.32 Å². The Bertz CT molecular complexity index is 929. The van der Waals surface area contributed by atoms with Crippen molar-refractivity contribution in [1.82, 2.24) is 19.6 Å². The van der Waals surface area contributed by atoms with Gasteiger partial charge in [-0.15, -0.1) is 0 Å². The molecule has 0 spiro atoms. The Morgan fingerprint density at radius 1 is 1.08 bits per heavy atom. The Morgan fingerprint density at radius 2 is 1.81 bits per heavy atom. The summed E-state index contributed by atoms with van der Waals surface area (Å²) in [5, 5.41) is 8.07. The topological polar surface area (TPSA) is 55.1 Å². The number of aromatic nitrogens is 4. The molecular weight excluding hydrogens is 322 g/mol. The number of fused-ring (bicyclic) bond motifs is 1. The molecule has 0 atom stereocenters. The van der Waals surface area contributed by atoms with Crippen molar-refractivity contribution in [2.24, 2.45) is 5.92 Å². The van der Waals surface area contributed by atoms with Crippen molar-refractivity contribution in [3.8, 4) is 0 Å². The van der Waals surface area contributed by atoms with Crippen LogP contribution in [-0.4, -0.2) is 19.6 Å². The van der Waals surface area contributed by atoms with Gasteiger partial charge in [-0.05, 0) is 57.6 Å². The van der Waals surface area contributed by atoms with Crippen molar-refractivity contribution in [2.45, 2.75) is 59.8 Å². The van der Waals surface area contributed by atoms with Crippen LogP contribution in [0.1, 0.15) is 53.8 Å². The molecule has 5 heteroatoms. The predicted octanol–water partition coefficient (Wildman–Crippen LogP) is 4.83. The lowest BCUT2D eigenvalue weighted by atomic mass is 10.1. The van der Waals surface area contributed by atoms with Gasteiger partial charge in [0, 0.05) is 11.3 Å². The first-order valence-electron chi connectivity index (χ1n) is 9.57. The molecular formula is C21H27N5. The summed E-state index contributed by atoms with van der Waals surface area (Å²) in [7, 11) is 0. The first-order valence-corrected chi connectivity index (χ1v) is 9.57. The molecule has 0 radical (unpaired) electrons. The second-order valence-electron chi connectivity index (χ2n) is 7.73. The van der Waals surface area contributed by atoms with Gasteiger partial charge in [0.1, 0.15) is 5.82 Å². The average molecular weight is 349 g/mol. The third-order valence-corrected chi connectivity index (χ3v) is 5.22. The number of nitrogens with one attached hydrogen (secondary N) is 1. The van der Waals surface area contributed by atoms with Crippen LogP contribution in [0.25, 0.3) is 5.65 Å². The van der Waals surface area contributed by atoms with Crippen LogP contribution in [0.15, 0.2) is 18.3 Å². The summed E-state index contributed by atoms with van der Waals surface area (Å²) in [6, 6.07) is 4.37. The zero-order valence-corrected chi connectivity index (χ0v) is 16.1. The summed E-state index contributed by atoms with van der Waals surface area (Å²) in [5.74, 6) is 2.47. The van der Waals surface area contributed by atoms with Gasteiger partial charge in [-0.2, -0.15) is 14.6 Å². The summed E-state index contributed by atoms with van der Waals surface area (Å²) < 4.78 is 1.85. The van der Waals surface area contributed by atoms with Crippen LogP contribution in [0.3, 0.4) is 0 Å². The van der Waals surface area contributed by atoms with Crippen molar-refractivity contribution >= 4 is 17.3 Å². The van der Waals surface area contributed by atoms with Crippen LogP contribution in [0, 0.1) is 33.6 Å². The highest BCUT2D eigenvalue weighted by Crippen LogP contribution is 2.34. The third-order valence-electron chi connectivity index (χ3n) is 5.22. The minimum Gasteiger partial charge on any atom is -0.324 e. The van der Waals surface area contributed by atoms with Crippen molar-refractivity contribution in [1.29, 1.82) is 0 Å². The van der Waals surface area contributed by atoms with Crippen LogP contribution in [-0.2, 0) is 6.42 Å². The largest absolute Gasteiger partial charge is 0.324 e. The lowest BCUT2D eigenvalue weighted by Crippen LogP contribution is -2.08. The predicted molar refractivity (Wildman–Crippen MR) is 105 cm³/mol.